The summed E-state index contributed by atoms with van der Waals surface area (Å²) in [5.41, 5.74) is 1.45. The summed E-state index contributed by atoms with van der Waals surface area (Å²) >= 11 is 0. The number of benzene rings is 2. The summed E-state index contributed by atoms with van der Waals surface area (Å²) in [7, 11) is 1.54. The van der Waals surface area contributed by atoms with E-state index in [4.69, 9.17) is 13.9 Å². The second-order valence-electron chi connectivity index (χ2n) is 8.00. The van der Waals surface area contributed by atoms with E-state index in [1.807, 2.05) is 30.3 Å². The van der Waals surface area contributed by atoms with Gasteiger partial charge in [-0.15, -0.1) is 0 Å². The molecule has 0 bridgehead atoms. The van der Waals surface area contributed by atoms with E-state index >= 15 is 0 Å². The first kappa shape index (κ1) is 23.2. The highest BCUT2D eigenvalue weighted by molar-refractivity contribution is 6.15. The van der Waals surface area contributed by atoms with E-state index in [1.54, 1.807) is 24.3 Å². The van der Waals surface area contributed by atoms with Gasteiger partial charge in [-0.05, 0) is 41.8 Å². The Hall–Kier alpha value is -4.00. The van der Waals surface area contributed by atoms with Crippen molar-refractivity contribution >= 4 is 11.7 Å². The fourth-order valence-corrected chi connectivity index (χ4v) is 4.02. The highest BCUT2D eigenvalue weighted by Gasteiger charge is 2.44. The molecule has 34 heavy (non-hydrogen) atoms. The van der Waals surface area contributed by atoms with Gasteiger partial charge in [-0.2, -0.15) is 0 Å². The molecule has 4 rings (SSSR count). The van der Waals surface area contributed by atoms with Crippen LogP contribution in [0.5, 0.6) is 11.5 Å². The molecule has 1 amide bonds. The monoisotopic (exact) mass is 461 g/mol. The maximum atomic E-state index is 13.3. The third-order valence-corrected chi connectivity index (χ3v) is 5.75. The van der Waals surface area contributed by atoms with E-state index in [2.05, 4.69) is 6.92 Å². The van der Waals surface area contributed by atoms with Crippen LogP contribution in [0.3, 0.4) is 0 Å². The van der Waals surface area contributed by atoms with Gasteiger partial charge in [0.2, 0.25) is 5.78 Å². The predicted octanol–water partition coefficient (Wildman–Crippen LogP) is 5.25. The Kier molecular flexibility index (Phi) is 7.01. The van der Waals surface area contributed by atoms with Crippen LogP contribution in [0.15, 0.2) is 82.7 Å². The Labute approximate surface area is 198 Å². The Morgan fingerprint density at radius 2 is 1.88 bits per heavy atom. The maximum absolute atomic E-state index is 13.3. The normalized spacial score (nSPS) is 15.6. The lowest BCUT2D eigenvalue weighted by atomic mass is 9.94. The number of aliphatic hydroxyl groups excluding tert-OH is 1. The first-order valence-corrected chi connectivity index (χ1v) is 11.2. The molecule has 7 heteroatoms. The van der Waals surface area contributed by atoms with E-state index < -0.39 is 23.5 Å². The summed E-state index contributed by atoms with van der Waals surface area (Å²) in [6.45, 7) is 2.84. The smallest absolute Gasteiger partial charge is 0.290 e. The van der Waals surface area contributed by atoms with Gasteiger partial charge in [0.05, 0.1) is 31.6 Å². The van der Waals surface area contributed by atoms with Crippen molar-refractivity contribution in [2.24, 2.45) is 0 Å². The Balaban J connectivity index is 1.76. The summed E-state index contributed by atoms with van der Waals surface area (Å²) in [5, 5.41) is 10.8. The van der Waals surface area contributed by atoms with Crippen LogP contribution in [0, 0.1) is 0 Å². The molecule has 1 aliphatic rings. The summed E-state index contributed by atoms with van der Waals surface area (Å²) in [5.74, 6) is -0.635. The second kappa shape index (κ2) is 10.3. The molecule has 0 aliphatic carbocycles. The molecule has 1 atom stereocenters. The molecule has 176 valence electrons. The van der Waals surface area contributed by atoms with Crippen molar-refractivity contribution in [3.8, 4) is 11.5 Å². The lowest BCUT2D eigenvalue weighted by Gasteiger charge is -2.27. The number of carbonyl (C=O) groups is 2. The molecule has 1 aromatic heterocycles. The molecule has 0 spiro atoms. The predicted molar refractivity (Wildman–Crippen MR) is 126 cm³/mol. The molecule has 3 aromatic rings. The van der Waals surface area contributed by atoms with Gasteiger partial charge < -0.3 is 23.9 Å². The van der Waals surface area contributed by atoms with Crippen LogP contribution in [0.25, 0.3) is 0 Å². The average molecular weight is 462 g/mol. The molecule has 0 saturated heterocycles. The van der Waals surface area contributed by atoms with Crippen molar-refractivity contribution in [2.75, 3.05) is 13.7 Å². The van der Waals surface area contributed by atoms with Crippen molar-refractivity contribution in [3.05, 3.63) is 95.1 Å². The first-order chi connectivity index (χ1) is 16.5. The molecular weight excluding hydrogens is 434 g/mol. The quantitative estimate of drug-likeness (QED) is 0.328. The fraction of sp³-hybridized carbons (Fsp3) is 0.259. The zero-order valence-electron chi connectivity index (χ0n) is 19.2. The summed E-state index contributed by atoms with van der Waals surface area (Å²) in [6, 6.07) is 17.0. The molecule has 0 fully saturated rings. The molecule has 0 radical (unpaired) electrons. The molecule has 0 saturated carbocycles. The number of hydrogen-bond donors (Lipinski definition) is 1. The minimum Gasteiger partial charge on any atom is -0.503 e. The Morgan fingerprint density at radius 1 is 1.09 bits per heavy atom. The number of carbonyl (C=O) groups excluding carboxylic acids is 2. The average Bonchev–Trinajstić information content (AvgIpc) is 3.48. The van der Waals surface area contributed by atoms with E-state index in [0.29, 0.717) is 23.7 Å². The van der Waals surface area contributed by atoms with Crippen molar-refractivity contribution in [2.45, 2.75) is 32.4 Å². The molecule has 2 aromatic carbocycles. The second-order valence-corrected chi connectivity index (χ2v) is 8.00. The Bertz CT molecular complexity index is 1180. The lowest BCUT2D eigenvalue weighted by Crippen LogP contribution is -2.30. The minimum atomic E-state index is -0.830. The summed E-state index contributed by atoms with van der Waals surface area (Å²) < 4.78 is 16.7. The minimum absolute atomic E-state index is 0.0300. The van der Waals surface area contributed by atoms with Gasteiger partial charge in [-0.1, -0.05) is 49.7 Å². The highest BCUT2D eigenvalue weighted by atomic mass is 16.5. The molecule has 2 heterocycles. The van der Waals surface area contributed by atoms with Crippen LogP contribution in [-0.4, -0.2) is 35.4 Å². The van der Waals surface area contributed by atoms with Gasteiger partial charge in [-0.25, -0.2) is 0 Å². The number of Topliss-reactive ketones (excluding diaryl/α,β-unsaturated/α-hetero) is 1. The molecule has 1 aliphatic heterocycles. The number of rotatable bonds is 10. The number of methoxy groups -OCH3 is 1. The summed E-state index contributed by atoms with van der Waals surface area (Å²) in [6.07, 6.45) is 3.29. The van der Waals surface area contributed by atoms with Crippen LogP contribution in [0.2, 0.25) is 0 Å². The summed E-state index contributed by atoms with van der Waals surface area (Å²) in [4.78, 5) is 27.9. The van der Waals surface area contributed by atoms with Crippen molar-refractivity contribution in [3.63, 3.8) is 0 Å². The van der Waals surface area contributed by atoms with Gasteiger partial charge in [0, 0.05) is 6.54 Å². The van der Waals surface area contributed by atoms with Gasteiger partial charge >= 0.3 is 0 Å². The van der Waals surface area contributed by atoms with Crippen molar-refractivity contribution < 1.29 is 28.6 Å². The number of unbranched alkanes of at least 4 members (excludes halogenated alkanes) is 1. The number of nitrogens with zero attached hydrogens (tertiary/aromatic N) is 1. The number of ketones is 1. The number of hydrogen-bond acceptors (Lipinski definition) is 6. The largest absolute Gasteiger partial charge is 0.503 e. The lowest BCUT2D eigenvalue weighted by molar-refractivity contribution is -0.130. The van der Waals surface area contributed by atoms with E-state index in [9.17, 15) is 14.7 Å². The number of ether oxygens (including phenoxy) is 2. The third kappa shape index (κ3) is 4.55. The molecule has 1 N–H and O–H groups in total. The van der Waals surface area contributed by atoms with Crippen molar-refractivity contribution in [1.82, 2.24) is 4.90 Å². The topological polar surface area (TPSA) is 89.2 Å². The van der Waals surface area contributed by atoms with Crippen LogP contribution in [0.1, 0.15) is 47.5 Å². The molecule has 1 unspecified atom stereocenters. The van der Waals surface area contributed by atoms with Gasteiger partial charge in [0.15, 0.2) is 23.0 Å². The Morgan fingerprint density at radius 3 is 2.56 bits per heavy atom. The van der Waals surface area contributed by atoms with E-state index in [-0.39, 0.29) is 17.9 Å². The van der Waals surface area contributed by atoms with Crippen LogP contribution in [-0.2, 0) is 11.3 Å². The molecule has 7 nitrogen and oxygen atoms in total. The fourth-order valence-electron chi connectivity index (χ4n) is 4.02. The van der Waals surface area contributed by atoms with Crippen LogP contribution in [0.4, 0.5) is 0 Å². The van der Waals surface area contributed by atoms with Gasteiger partial charge in [0.25, 0.3) is 5.91 Å². The van der Waals surface area contributed by atoms with Gasteiger partial charge in [-0.3, -0.25) is 9.59 Å². The van der Waals surface area contributed by atoms with Crippen LogP contribution < -0.4 is 9.47 Å². The number of amides is 1. The van der Waals surface area contributed by atoms with E-state index in [0.717, 1.165) is 18.4 Å². The number of furan rings is 1. The van der Waals surface area contributed by atoms with Crippen LogP contribution >= 0.6 is 0 Å². The number of aliphatic hydroxyl groups is 1. The standard InChI is InChI=1S/C27H27NO6/c1-3-4-14-33-20-13-12-19(16-22(20)32-2)24-23(25(29)21-11-8-15-34-21)26(30)27(31)28(24)17-18-9-6-5-7-10-18/h5-13,15-16,24,30H,3-4,14,17H2,1-2H3. The third-order valence-electron chi connectivity index (χ3n) is 5.75. The van der Waals surface area contributed by atoms with Crippen molar-refractivity contribution in [1.29, 1.82) is 0 Å². The zero-order chi connectivity index (χ0) is 24.1. The first-order valence-electron chi connectivity index (χ1n) is 11.2. The molecular formula is C27H27NO6. The maximum Gasteiger partial charge on any atom is 0.290 e. The van der Waals surface area contributed by atoms with Gasteiger partial charge in [0.1, 0.15) is 0 Å². The van der Waals surface area contributed by atoms with E-state index in [1.165, 1.54) is 24.3 Å². The highest BCUT2D eigenvalue weighted by Crippen LogP contribution is 2.42. The zero-order valence-corrected chi connectivity index (χ0v) is 19.2. The SMILES string of the molecule is CCCCOc1ccc(C2C(C(=O)c3ccco3)=C(O)C(=O)N2Cc2ccccc2)cc1OC.